The molecule has 3 heterocycles. The molecule has 0 saturated carbocycles. The molecule has 1 fully saturated rings. The molecule has 228 valence electrons. The van der Waals surface area contributed by atoms with Gasteiger partial charge in [0, 0.05) is 45.2 Å². The number of nitrogens with one attached hydrogen (secondary N) is 1. The van der Waals surface area contributed by atoms with Crippen molar-refractivity contribution in [2.45, 2.75) is 41.9 Å². The van der Waals surface area contributed by atoms with Gasteiger partial charge in [-0.2, -0.15) is 13.2 Å². The van der Waals surface area contributed by atoms with Crippen molar-refractivity contribution in [1.82, 2.24) is 14.9 Å². The number of pyridine rings is 1. The average molecular weight is 646 g/mol. The Balaban J connectivity index is 1.40. The Kier molecular flexibility index (Phi) is 8.10. The van der Waals surface area contributed by atoms with Gasteiger partial charge in [0.25, 0.3) is 5.69 Å². The predicted octanol–water partition coefficient (Wildman–Crippen LogP) is 8.74. The number of nitro benzene ring substituents is 1. The van der Waals surface area contributed by atoms with Crippen LogP contribution in [0.2, 0.25) is 0 Å². The highest BCUT2D eigenvalue weighted by Crippen LogP contribution is 2.45. The smallest absolute Gasteiger partial charge is 0.351 e. The molecule has 0 bridgehead atoms. The lowest BCUT2D eigenvalue weighted by atomic mass is 9.96. The van der Waals surface area contributed by atoms with E-state index < -0.39 is 22.7 Å². The molecular weight excluding hydrogens is 620 g/mol. The number of non-ortho nitro benzene ring substituents is 1. The average Bonchev–Trinajstić information content (AvgIpc) is 3.52. The Morgan fingerprint density at radius 1 is 0.933 bits per heavy atom. The van der Waals surface area contributed by atoms with Crippen LogP contribution >= 0.6 is 24.0 Å². The minimum Gasteiger partial charge on any atom is -0.351 e. The number of hydrogen-bond acceptors (Lipinski definition) is 5. The summed E-state index contributed by atoms with van der Waals surface area (Å²) in [5, 5.41) is 14.9. The Labute approximate surface area is 266 Å². The molecule has 2 atom stereocenters. The number of thiocarbonyl (C=S) groups is 1. The number of nitrogens with zero attached hydrogens (tertiary/aromatic N) is 4. The molecular formula is C33H26F3N5O2S2. The van der Waals surface area contributed by atoms with Crippen LogP contribution in [0.25, 0.3) is 5.69 Å². The maximum atomic E-state index is 14.1. The molecule has 6 rings (SSSR count). The van der Waals surface area contributed by atoms with Crippen LogP contribution in [-0.2, 0) is 6.18 Å². The van der Waals surface area contributed by atoms with Gasteiger partial charge < -0.3 is 14.8 Å². The Bertz CT molecular complexity index is 1880. The summed E-state index contributed by atoms with van der Waals surface area (Å²) in [5.41, 5.74) is 3.06. The number of halogens is 3. The highest BCUT2D eigenvalue weighted by Gasteiger charge is 2.43. The fraction of sp³-hybridized carbons (Fsp3) is 0.152. The van der Waals surface area contributed by atoms with E-state index in [-0.39, 0.29) is 17.4 Å². The van der Waals surface area contributed by atoms with E-state index in [4.69, 9.17) is 12.2 Å². The molecule has 0 amide bonds. The van der Waals surface area contributed by atoms with E-state index in [2.05, 4.69) is 10.3 Å². The molecule has 1 N–H and O–H groups in total. The Morgan fingerprint density at radius 3 is 2.20 bits per heavy atom. The first-order valence-corrected chi connectivity index (χ1v) is 15.1. The van der Waals surface area contributed by atoms with Crippen LogP contribution in [0, 0.1) is 24.0 Å². The third-order valence-electron chi connectivity index (χ3n) is 7.74. The predicted molar refractivity (Wildman–Crippen MR) is 172 cm³/mol. The number of benzene rings is 3. The highest BCUT2D eigenvalue weighted by molar-refractivity contribution is 7.99. The van der Waals surface area contributed by atoms with Crippen molar-refractivity contribution in [3.05, 3.63) is 142 Å². The third kappa shape index (κ3) is 5.90. The largest absolute Gasteiger partial charge is 0.418 e. The molecule has 5 aromatic rings. The van der Waals surface area contributed by atoms with Crippen molar-refractivity contribution in [2.75, 3.05) is 4.90 Å². The highest BCUT2D eigenvalue weighted by atomic mass is 32.2. The van der Waals surface area contributed by atoms with Gasteiger partial charge in [-0.25, -0.2) is 0 Å². The number of para-hydroxylation sites is 1. The molecule has 2 aromatic heterocycles. The Morgan fingerprint density at radius 2 is 1.58 bits per heavy atom. The molecule has 0 aliphatic carbocycles. The zero-order valence-electron chi connectivity index (χ0n) is 24.0. The number of nitro groups is 1. The van der Waals surface area contributed by atoms with E-state index in [1.807, 2.05) is 60.4 Å². The van der Waals surface area contributed by atoms with Gasteiger partial charge in [0.1, 0.15) is 0 Å². The minimum absolute atomic E-state index is 0.0273. The summed E-state index contributed by atoms with van der Waals surface area (Å²) in [4.78, 5) is 18.9. The summed E-state index contributed by atoms with van der Waals surface area (Å²) in [6.45, 7) is 3.63. The van der Waals surface area contributed by atoms with Gasteiger partial charge in [0.2, 0.25) is 0 Å². The molecule has 45 heavy (non-hydrogen) atoms. The van der Waals surface area contributed by atoms with Crippen molar-refractivity contribution >= 4 is 40.5 Å². The second kappa shape index (κ2) is 12.0. The van der Waals surface area contributed by atoms with Crippen molar-refractivity contribution in [3.63, 3.8) is 0 Å². The van der Waals surface area contributed by atoms with Gasteiger partial charge in [0.15, 0.2) is 5.11 Å². The monoisotopic (exact) mass is 645 g/mol. The molecule has 1 aliphatic heterocycles. The van der Waals surface area contributed by atoms with Crippen LogP contribution in [0.15, 0.2) is 113 Å². The van der Waals surface area contributed by atoms with Crippen LogP contribution in [0.3, 0.4) is 0 Å². The van der Waals surface area contributed by atoms with Gasteiger partial charge >= 0.3 is 6.18 Å². The van der Waals surface area contributed by atoms with Gasteiger partial charge in [-0.1, -0.05) is 30.0 Å². The maximum absolute atomic E-state index is 14.1. The molecule has 1 saturated heterocycles. The van der Waals surface area contributed by atoms with E-state index >= 15 is 0 Å². The second-order valence-corrected chi connectivity index (χ2v) is 12.1. The van der Waals surface area contributed by atoms with Gasteiger partial charge in [0.05, 0.1) is 34.0 Å². The van der Waals surface area contributed by atoms with Gasteiger partial charge in [-0.15, -0.1) is 0 Å². The lowest BCUT2D eigenvalue weighted by Gasteiger charge is -2.28. The number of alkyl halides is 3. The quantitative estimate of drug-likeness (QED) is 0.108. The van der Waals surface area contributed by atoms with Crippen LogP contribution in [0.4, 0.5) is 24.5 Å². The van der Waals surface area contributed by atoms with Crippen LogP contribution in [-0.4, -0.2) is 19.6 Å². The number of aromatic nitrogens is 2. The van der Waals surface area contributed by atoms with Crippen molar-refractivity contribution in [3.8, 4) is 5.69 Å². The first-order valence-electron chi connectivity index (χ1n) is 13.9. The molecule has 7 nitrogen and oxygen atoms in total. The third-order valence-corrected chi connectivity index (χ3v) is 9.07. The first kappa shape index (κ1) is 30.4. The summed E-state index contributed by atoms with van der Waals surface area (Å²) in [6.07, 6.45) is -2.82. The fourth-order valence-electron chi connectivity index (χ4n) is 5.76. The summed E-state index contributed by atoms with van der Waals surface area (Å²) >= 11 is 7.33. The first-order chi connectivity index (χ1) is 21.5. The second-order valence-electron chi connectivity index (χ2n) is 10.5. The van der Waals surface area contributed by atoms with Crippen molar-refractivity contribution < 1.29 is 18.1 Å². The van der Waals surface area contributed by atoms with Crippen molar-refractivity contribution in [1.29, 1.82) is 0 Å². The minimum atomic E-state index is -4.52. The molecule has 0 radical (unpaired) electrons. The Hall–Kier alpha value is -4.68. The zero-order valence-corrected chi connectivity index (χ0v) is 25.7. The summed E-state index contributed by atoms with van der Waals surface area (Å²) in [6, 6.07) is 26.4. The van der Waals surface area contributed by atoms with Gasteiger partial charge in [-0.05, 0) is 98.4 Å². The summed E-state index contributed by atoms with van der Waals surface area (Å²) < 4.78 is 43.8. The SMILES string of the molecule is Cc1cc([C@H]2[C@H](c3ccccn3)NC(=S)N2c2ccc(Sc3ccc([N+](=O)[O-])cc3)cc2)c(C)n1-c1ccccc1C(F)(F)F. The standard InChI is InChI=1S/C33H26F3N5O2S2/c1-20-19-26(21(2)39(20)29-9-4-3-7-27(29)33(34,35)36)31-30(28-8-5-6-18-37-28)38-32(44)40(31)22-10-14-24(15-11-22)45-25-16-12-23(13-17-25)41(42)43/h3-19,30-31H,1-2H3,(H,38,44)/t30-,31-/m0/s1. The maximum Gasteiger partial charge on any atom is 0.418 e. The zero-order chi connectivity index (χ0) is 31.9. The topological polar surface area (TPSA) is 76.2 Å². The molecule has 1 aliphatic rings. The van der Waals surface area contributed by atoms with E-state index in [0.29, 0.717) is 16.5 Å². The fourth-order valence-corrected chi connectivity index (χ4v) is 6.92. The van der Waals surface area contributed by atoms with Crippen LogP contribution < -0.4 is 10.2 Å². The summed E-state index contributed by atoms with van der Waals surface area (Å²) in [7, 11) is 0. The molecule has 0 spiro atoms. The van der Waals surface area contributed by atoms with E-state index in [0.717, 1.165) is 32.8 Å². The molecule has 3 aromatic carbocycles. The number of anilines is 1. The lowest BCUT2D eigenvalue weighted by Crippen LogP contribution is -2.29. The van der Waals surface area contributed by atoms with E-state index in [1.54, 1.807) is 35.9 Å². The van der Waals surface area contributed by atoms with Gasteiger partial charge in [-0.3, -0.25) is 15.1 Å². The normalized spacial score (nSPS) is 16.6. The number of aryl methyl sites for hydroxylation is 1. The van der Waals surface area contributed by atoms with Crippen molar-refractivity contribution in [2.24, 2.45) is 0 Å². The van der Waals surface area contributed by atoms with E-state index in [9.17, 15) is 23.3 Å². The van der Waals surface area contributed by atoms with Crippen LogP contribution in [0.5, 0.6) is 0 Å². The summed E-state index contributed by atoms with van der Waals surface area (Å²) in [5.74, 6) is 0. The molecule has 0 unspecified atom stereocenters. The lowest BCUT2D eigenvalue weighted by molar-refractivity contribution is -0.384. The van der Waals surface area contributed by atoms with E-state index in [1.165, 1.54) is 36.0 Å². The van der Waals surface area contributed by atoms with Crippen LogP contribution in [0.1, 0.15) is 40.3 Å². The number of hydrogen-bond donors (Lipinski definition) is 1. The molecule has 12 heteroatoms. The number of rotatable bonds is 7.